The molecule has 9 heteroatoms. The van der Waals surface area contributed by atoms with Gasteiger partial charge >= 0.3 is 0 Å². The average Bonchev–Trinajstić information content (AvgIpc) is 3.25. The molecule has 3 heterocycles. The molecule has 0 bridgehead atoms. The van der Waals surface area contributed by atoms with Gasteiger partial charge in [-0.3, -0.25) is 4.79 Å². The molecule has 3 aromatic rings. The molecule has 2 aromatic heterocycles. The topological polar surface area (TPSA) is 90.6 Å². The van der Waals surface area contributed by atoms with Crippen LogP contribution in [0.3, 0.4) is 0 Å². The van der Waals surface area contributed by atoms with Crippen LogP contribution in [0, 0.1) is 0 Å². The summed E-state index contributed by atoms with van der Waals surface area (Å²) in [6, 6.07) is 9.00. The summed E-state index contributed by atoms with van der Waals surface area (Å²) in [7, 11) is 0. The Morgan fingerprint density at radius 3 is 2.92 bits per heavy atom. The molecule has 0 fully saturated rings. The Labute approximate surface area is 153 Å². The van der Waals surface area contributed by atoms with Crippen LogP contribution >= 0.6 is 11.8 Å². The van der Waals surface area contributed by atoms with Crippen LogP contribution in [0.5, 0.6) is 11.5 Å². The molecular formula is C17H17N5O3S. The zero-order chi connectivity index (χ0) is 18.1. The average molecular weight is 371 g/mol. The second kappa shape index (κ2) is 6.83. The molecule has 1 N–H and O–H groups in total. The van der Waals surface area contributed by atoms with Gasteiger partial charge in [-0.15, -0.1) is 10.2 Å². The molecule has 0 unspecified atom stereocenters. The summed E-state index contributed by atoms with van der Waals surface area (Å²) in [6.45, 7) is 4.28. The van der Waals surface area contributed by atoms with E-state index < -0.39 is 0 Å². The lowest BCUT2D eigenvalue weighted by molar-refractivity contribution is -0.113. The van der Waals surface area contributed by atoms with Crippen molar-refractivity contribution in [3.8, 4) is 11.5 Å². The van der Waals surface area contributed by atoms with Gasteiger partial charge in [0.25, 0.3) is 0 Å². The summed E-state index contributed by atoms with van der Waals surface area (Å²) in [5.74, 6) is 2.45. The molecule has 0 aliphatic carbocycles. The molecule has 0 atom stereocenters. The highest BCUT2D eigenvalue weighted by Gasteiger charge is 2.15. The molecule has 0 saturated heterocycles. The van der Waals surface area contributed by atoms with Crippen LogP contribution in [0.2, 0.25) is 0 Å². The second-order valence-corrected chi connectivity index (χ2v) is 7.05. The molecule has 1 aliphatic rings. The van der Waals surface area contributed by atoms with E-state index in [2.05, 4.69) is 20.6 Å². The number of benzene rings is 1. The van der Waals surface area contributed by atoms with E-state index in [1.165, 1.54) is 11.8 Å². The van der Waals surface area contributed by atoms with Crippen LogP contribution < -0.4 is 14.8 Å². The van der Waals surface area contributed by atoms with E-state index in [9.17, 15) is 4.79 Å². The Balaban J connectivity index is 1.41. The van der Waals surface area contributed by atoms with Crippen LogP contribution in [0.4, 0.5) is 5.69 Å². The Morgan fingerprint density at radius 1 is 1.23 bits per heavy atom. The maximum Gasteiger partial charge on any atom is 0.234 e. The predicted molar refractivity (Wildman–Crippen MR) is 96.8 cm³/mol. The number of ether oxygens (including phenoxy) is 2. The van der Waals surface area contributed by atoms with Crippen LogP contribution in [-0.4, -0.2) is 38.3 Å². The maximum atomic E-state index is 12.2. The quantitative estimate of drug-likeness (QED) is 0.690. The van der Waals surface area contributed by atoms with Crippen molar-refractivity contribution in [1.82, 2.24) is 19.8 Å². The third-order valence-electron chi connectivity index (χ3n) is 3.79. The third-order valence-corrected chi connectivity index (χ3v) is 4.71. The summed E-state index contributed by atoms with van der Waals surface area (Å²) in [5, 5.41) is 16.4. The van der Waals surface area contributed by atoms with Gasteiger partial charge in [0.1, 0.15) is 5.03 Å². The van der Waals surface area contributed by atoms with E-state index in [0.717, 1.165) is 10.9 Å². The van der Waals surface area contributed by atoms with Crippen LogP contribution in [0.1, 0.15) is 25.6 Å². The zero-order valence-electron chi connectivity index (χ0n) is 14.3. The number of carbonyl (C=O) groups excluding carboxylic acids is 1. The van der Waals surface area contributed by atoms with Crippen molar-refractivity contribution in [1.29, 1.82) is 0 Å². The number of carbonyl (C=O) groups is 1. The lowest BCUT2D eigenvalue weighted by Gasteiger charge is -2.07. The molecule has 0 spiro atoms. The van der Waals surface area contributed by atoms with E-state index in [1.54, 1.807) is 22.7 Å². The molecule has 8 nitrogen and oxygen atoms in total. The summed E-state index contributed by atoms with van der Waals surface area (Å²) < 4.78 is 12.3. The number of fused-ring (bicyclic) bond motifs is 2. The first-order valence-electron chi connectivity index (χ1n) is 8.15. The first kappa shape index (κ1) is 16.6. The number of thioether (sulfide) groups is 1. The molecule has 134 valence electrons. The summed E-state index contributed by atoms with van der Waals surface area (Å²) in [6.07, 6.45) is 0. The Kier molecular flexibility index (Phi) is 4.37. The largest absolute Gasteiger partial charge is 0.454 e. The first-order chi connectivity index (χ1) is 12.6. The van der Waals surface area contributed by atoms with Crippen molar-refractivity contribution in [2.75, 3.05) is 17.9 Å². The first-order valence-corrected chi connectivity index (χ1v) is 9.13. The van der Waals surface area contributed by atoms with Gasteiger partial charge in [0, 0.05) is 17.7 Å². The van der Waals surface area contributed by atoms with Crippen LogP contribution in [0.25, 0.3) is 5.65 Å². The fraction of sp³-hybridized carbons (Fsp3) is 0.294. The number of hydrogen-bond acceptors (Lipinski definition) is 7. The number of aromatic nitrogens is 4. The maximum absolute atomic E-state index is 12.2. The Hall–Kier alpha value is -2.81. The number of nitrogens with zero attached hydrogens (tertiary/aromatic N) is 4. The number of amides is 1. The Bertz CT molecular complexity index is 972. The summed E-state index contributed by atoms with van der Waals surface area (Å²) in [5.41, 5.74) is 1.37. The summed E-state index contributed by atoms with van der Waals surface area (Å²) in [4.78, 5) is 12.2. The minimum absolute atomic E-state index is 0.122. The molecule has 1 aromatic carbocycles. The number of nitrogens with one attached hydrogen (secondary N) is 1. The van der Waals surface area contributed by atoms with E-state index in [0.29, 0.717) is 22.8 Å². The highest BCUT2D eigenvalue weighted by molar-refractivity contribution is 7.99. The molecule has 0 saturated carbocycles. The smallest absolute Gasteiger partial charge is 0.234 e. The molecular weight excluding hydrogens is 354 g/mol. The predicted octanol–water partition coefficient (Wildman–Crippen LogP) is 2.71. The van der Waals surface area contributed by atoms with Gasteiger partial charge in [0.15, 0.2) is 23.0 Å². The van der Waals surface area contributed by atoms with Crippen molar-refractivity contribution in [2.45, 2.75) is 24.8 Å². The van der Waals surface area contributed by atoms with Crippen molar-refractivity contribution in [3.05, 3.63) is 36.2 Å². The van der Waals surface area contributed by atoms with Gasteiger partial charge in [0.2, 0.25) is 12.7 Å². The van der Waals surface area contributed by atoms with Gasteiger partial charge < -0.3 is 14.8 Å². The fourth-order valence-corrected chi connectivity index (χ4v) is 3.19. The van der Waals surface area contributed by atoms with Crippen molar-refractivity contribution >= 4 is 29.0 Å². The van der Waals surface area contributed by atoms with Gasteiger partial charge in [-0.25, -0.2) is 0 Å². The van der Waals surface area contributed by atoms with Gasteiger partial charge in [-0.05, 0) is 24.3 Å². The van der Waals surface area contributed by atoms with E-state index in [-0.39, 0.29) is 24.4 Å². The van der Waals surface area contributed by atoms with Crippen molar-refractivity contribution in [3.63, 3.8) is 0 Å². The second-order valence-electron chi connectivity index (χ2n) is 6.06. The van der Waals surface area contributed by atoms with Gasteiger partial charge in [-0.2, -0.15) is 9.61 Å². The number of hydrogen-bond donors (Lipinski definition) is 1. The van der Waals surface area contributed by atoms with E-state index in [4.69, 9.17) is 9.47 Å². The van der Waals surface area contributed by atoms with Gasteiger partial charge in [0.05, 0.1) is 5.75 Å². The highest BCUT2D eigenvalue weighted by Crippen LogP contribution is 2.34. The standard InChI is InChI=1S/C17H17N5O3S/c1-10(2)17-20-19-14-5-6-16(21-22(14)17)26-8-15(23)18-11-3-4-12-13(7-11)25-9-24-12/h3-7,10H,8-9H2,1-2H3,(H,18,23). The lowest BCUT2D eigenvalue weighted by atomic mass is 10.2. The van der Waals surface area contributed by atoms with Crippen molar-refractivity contribution in [2.24, 2.45) is 0 Å². The minimum atomic E-state index is -0.122. The molecule has 1 aliphatic heterocycles. The van der Waals surface area contributed by atoms with E-state index in [1.807, 2.05) is 26.0 Å². The zero-order valence-corrected chi connectivity index (χ0v) is 15.1. The minimum Gasteiger partial charge on any atom is -0.454 e. The molecule has 1 amide bonds. The SMILES string of the molecule is CC(C)c1nnc2ccc(SCC(=O)Nc3ccc4c(c3)OCO4)nn12. The summed E-state index contributed by atoms with van der Waals surface area (Å²) >= 11 is 1.36. The van der Waals surface area contributed by atoms with Crippen molar-refractivity contribution < 1.29 is 14.3 Å². The van der Waals surface area contributed by atoms with Crippen LogP contribution in [-0.2, 0) is 4.79 Å². The monoisotopic (exact) mass is 371 g/mol. The highest BCUT2D eigenvalue weighted by atomic mass is 32.2. The Morgan fingerprint density at radius 2 is 2.08 bits per heavy atom. The van der Waals surface area contributed by atoms with Gasteiger partial charge in [-0.1, -0.05) is 25.6 Å². The molecule has 4 rings (SSSR count). The lowest BCUT2D eigenvalue weighted by Crippen LogP contribution is -2.14. The third kappa shape index (κ3) is 3.30. The molecule has 0 radical (unpaired) electrons. The van der Waals surface area contributed by atoms with E-state index >= 15 is 0 Å². The molecule has 26 heavy (non-hydrogen) atoms. The normalized spacial score (nSPS) is 12.7. The van der Waals surface area contributed by atoms with Crippen LogP contribution in [0.15, 0.2) is 35.4 Å². The fourth-order valence-electron chi connectivity index (χ4n) is 2.54. The number of anilines is 1. The number of rotatable bonds is 5.